The van der Waals surface area contributed by atoms with Gasteiger partial charge >= 0.3 is 0 Å². The van der Waals surface area contributed by atoms with Crippen LogP contribution in [-0.4, -0.2) is 130 Å². The van der Waals surface area contributed by atoms with Crippen LogP contribution in [0.25, 0.3) is 37.7 Å². The summed E-state index contributed by atoms with van der Waals surface area (Å²) in [5, 5.41) is 96.2. The van der Waals surface area contributed by atoms with E-state index in [0.29, 0.717) is 41.4 Å². The molecule has 3 heterocycles. The summed E-state index contributed by atoms with van der Waals surface area (Å²) in [4.78, 5) is 8.58. The van der Waals surface area contributed by atoms with Crippen molar-refractivity contribution in [3.05, 3.63) is 77.9 Å². The summed E-state index contributed by atoms with van der Waals surface area (Å²) in [6.45, 7) is 1.35. The van der Waals surface area contributed by atoms with E-state index in [1.807, 2.05) is 6.07 Å². The fourth-order valence-corrected chi connectivity index (χ4v) is 12.1. The van der Waals surface area contributed by atoms with Crippen molar-refractivity contribution in [2.45, 2.75) is 39.3 Å². The first-order chi connectivity index (χ1) is 41.1. The smallest absolute Gasteiger partial charge is 0.296 e. The molecular formula is C44H41N11O24S8. The molecule has 0 aliphatic carbocycles. The third-order valence-electron chi connectivity index (χ3n) is 11.4. The molecule has 0 bridgehead atoms. The van der Waals surface area contributed by atoms with Gasteiger partial charge in [0.15, 0.2) is 17.1 Å². The molecule has 87 heavy (non-hydrogen) atoms. The van der Waals surface area contributed by atoms with E-state index < -0.39 is 79.0 Å². The summed E-state index contributed by atoms with van der Waals surface area (Å²) < 4.78 is 151. The molecule has 8 rings (SSSR count). The van der Waals surface area contributed by atoms with Crippen molar-refractivity contribution in [3.63, 3.8) is 0 Å². The monoisotopic (exact) mass is 1360 g/mol. The highest BCUT2D eigenvalue weighted by Gasteiger charge is 2.26. The normalized spacial score (nSPS) is 12.6. The number of benzene rings is 5. The number of hydrogen-bond acceptors (Lipinski definition) is 34. The first-order valence-electron chi connectivity index (χ1n) is 23.3. The zero-order valence-electron chi connectivity index (χ0n) is 43.9. The van der Waals surface area contributed by atoms with E-state index >= 15 is 0 Å². The van der Waals surface area contributed by atoms with Crippen molar-refractivity contribution in [3.8, 4) is 23.4 Å². The minimum absolute atomic E-state index is 0.00697. The molecule has 43 heteroatoms. The Hall–Kier alpha value is -6.98. The Bertz CT molecular complexity index is 4520. The summed E-state index contributed by atoms with van der Waals surface area (Å²) in [5.74, 6) is -1.92. The van der Waals surface area contributed by atoms with E-state index in [9.17, 15) is 62.8 Å². The Morgan fingerprint density at radius 3 is 2.03 bits per heavy atom. The van der Waals surface area contributed by atoms with Gasteiger partial charge in [-0.05, 0) is 73.7 Å². The van der Waals surface area contributed by atoms with Crippen LogP contribution in [0.5, 0.6) is 17.4 Å². The fourth-order valence-electron chi connectivity index (χ4n) is 7.97. The number of nitrogens with zero attached hydrogens (tertiary/aromatic N) is 11. The molecule has 5 aromatic carbocycles. The number of methoxy groups -OCH3 is 1. The van der Waals surface area contributed by atoms with Crippen LogP contribution >= 0.6 is 47.5 Å². The number of ether oxygens (including phenoxy) is 1. The van der Waals surface area contributed by atoms with Gasteiger partial charge in [0, 0.05) is 52.8 Å². The van der Waals surface area contributed by atoms with E-state index in [0.717, 1.165) is 29.5 Å². The number of azo groups is 3. The quantitative estimate of drug-likeness (QED) is 0.00607. The van der Waals surface area contributed by atoms with Gasteiger partial charge in [0.05, 0.1) is 69.5 Å². The van der Waals surface area contributed by atoms with E-state index in [-0.39, 0.29) is 125 Å². The van der Waals surface area contributed by atoms with Gasteiger partial charge in [-0.25, -0.2) is 25.7 Å². The highest BCUT2D eigenvalue weighted by atomic mass is 32.2. The van der Waals surface area contributed by atoms with Crippen LogP contribution < -0.4 is 9.64 Å². The summed E-state index contributed by atoms with van der Waals surface area (Å²) >= 11 is 2.16. The number of rotatable bonds is 26. The average molecular weight is 1360 g/mol. The lowest BCUT2D eigenvalue weighted by atomic mass is 10.1. The zero-order valence-corrected chi connectivity index (χ0v) is 50.5. The highest BCUT2D eigenvalue weighted by Crippen LogP contribution is 2.49. The van der Waals surface area contributed by atoms with Gasteiger partial charge in [-0.3, -0.25) is 22.6 Å². The SMILES string of the molecule is COc1cc(N=Nc2c(SOOO)cc3cc(S(=O)(=O)O)c(N=Nc4c(C)c(C#N)c5nc6ccccc6n5c4O)cc3c2O)c(N(CCCSOOO)CCCS(=O)(=O)O)cc1N=Nc1nc2c(S(=O)(=O)O)cc(SOOO)cc2s1.CS(=O)(=O)O. The summed E-state index contributed by atoms with van der Waals surface area (Å²) in [5.41, 5.74) is -0.662. The Kier molecular flexibility index (Phi) is 22.4. The van der Waals surface area contributed by atoms with Gasteiger partial charge in [-0.15, -0.1) is 43.7 Å². The van der Waals surface area contributed by atoms with Gasteiger partial charge < -0.3 is 19.8 Å². The fraction of sp³-hybridized carbons (Fsp3) is 0.205. The predicted octanol–water partition coefficient (Wildman–Crippen LogP) is 10.5. The van der Waals surface area contributed by atoms with Crippen LogP contribution in [0.4, 0.5) is 39.3 Å². The van der Waals surface area contributed by atoms with Gasteiger partial charge in [0.25, 0.3) is 40.5 Å². The third-order valence-corrected chi connectivity index (χ3v) is 16.6. The van der Waals surface area contributed by atoms with Crippen molar-refractivity contribution < 1.29 is 111 Å². The maximum atomic E-state index is 13.0. The van der Waals surface area contributed by atoms with Crippen LogP contribution in [0, 0.1) is 18.3 Å². The minimum atomic E-state index is -5.17. The number of aromatic hydroxyl groups is 2. The lowest BCUT2D eigenvalue weighted by Crippen LogP contribution is -2.27. The van der Waals surface area contributed by atoms with E-state index in [4.69, 9.17) is 25.1 Å². The summed E-state index contributed by atoms with van der Waals surface area (Å²) in [6, 6.07) is 16.8. The number of hydrogen-bond donors (Lipinski definition) is 9. The Balaban J connectivity index is 0.00000207. The van der Waals surface area contributed by atoms with Crippen molar-refractivity contribution in [1.29, 1.82) is 5.26 Å². The number of imidazole rings is 1. The largest absolute Gasteiger partial charge is 0.505 e. The molecule has 0 aliphatic heterocycles. The molecule has 0 fully saturated rings. The van der Waals surface area contributed by atoms with Gasteiger partial charge in [0.2, 0.25) is 11.0 Å². The maximum absolute atomic E-state index is 13.0. The number of para-hydroxylation sites is 2. The van der Waals surface area contributed by atoms with E-state index in [1.165, 1.54) is 42.7 Å². The third kappa shape index (κ3) is 17.2. The molecule has 0 atom stereocenters. The number of fused-ring (bicyclic) bond motifs is 5. The Labute approximate surface area is 506 Å². The molecular weight excluding hydrogens is 1320 g/mol. The highest BCUT2D eigenvalue weighted by molar-refractivity contribution is 7.95. The Morgan fingerprint density at radius 1 is 0.736 bits per heavy atom. The predicted molar refractivity (Wildman–Crippen MR) is 308 cm³/mol. The summed E-state index contributed by atoms with van der Waals surface area (Å²) in [7, 11) is -17.0. The first kappa shape index (κ1) is 67.5. The van der Waals surface area contributed by atoms with Crippen LogP contribution in [0.3, 0.4) is 0 Å². The molecule has 8 aromatic rings. The number of aromatic nitrogens is 3. The lowest BCUT2D eigenvalue weighted by Gasteiger charge is -2.26. The van der Waals surface area contributed by atoms with Crippen molar-refractivity contribution in [2.24, 2.45) is 30.7 Å². The number of anilines is 1. The maximum Gasteiger partial charge on any atom is 0.296 e. The topological polar surface area (TPSA) is 515 Å². The minimum Gasteiger partial charge on any atom is -0.505 e. The number of thiazole rings is 1. The van der Waals surface area contributed by atoms with Crippen LogP contribution in [0.15, 0.2) is 117 Å². The molecule has 9 N–H and O–H groups in total. The number of phenolic OH excluding ortho intramolecular Hbond substituents is 1. The van der Waals surface area contributed by atoms with Crippen molar-refractivity contribution in [1.82, 2.24) is 14.4 Å². The van der Waals surface area contributed by atoms with Crippen LogP contribution in [0.1, 0.15) is 24.0 Å². The molecule has 0 radical (unpaired) electrons. The van der Waals surface area contributed by atoms with Gasteiger partial charge in [-0.2, -0.15) is 38.9 Å². The molecule has 0 aliphatic rings. The second-order valence-electron chi connectivity index (χ2n) is 17.1. The molecule has 0 saturated heterocycles. The standard InChI is InChI=1S/C43H37N11O21S7.CH4O3S/c1-21-25(20-44)41-45-26-7-3-4-8-30(26)54(41)42(56)37(21)50-49-29-17-24-22(14-35(29)81(63,64)65)13-34(79-75-72-59)39(40(24)55)51-47-27-19-32(69-2)28(18-31(27)53(9-5-11-76-73-70-57)10-6-12-80(60,61)62)48-52-43-46-38-33(77-43)15-23(78-74-71-58)16-36(38)82(66,67)68;1-5(2,3)4/h3-4,7-8,13-19,55-59H,5-6,9-12H2,1-2H3,(H,60,61,62)(H,63,64,65)(H,66,67,68);1H3,(H,2,3,4). The van der Waals surface area contributed by atoms with Crippen LogP contribution in [-0.2, 0) is 68.6 Å². The zero-order chi connectivity index (χ0) is 63.6. The lowest BCUT2D eigenvalue weighted by molar-refractivity contribution is -0.432. The van der Waals surface area contributed by atoms with Crippen molar-refractivity contribution >= 4 is 165 Å². The molecule has 0 unspecified atom stereocenters. The Morgan fingerprint density at radius 2 is 1.38 bits per heavy atom. The van der Waals surface area contributed by atoms with Crippen LogP contribution in [0.2, 0.25) is 0 Å². The molecule has 3 aromatic heterocycles. The average Bonchev–Trinajstić information content (AvgIpc) is 1.77. The van der Waals surface area contributed by atoms with E-state index in [1.54, 1.807) is 29.2 Å². The van der Waals surface area contributed by atoms with Gasteiger partial charge in [0.1, 0.15) is 55.4 Å². The number of nitriles is 1. The number of pyridine rings is 1. The van der Waals surface area contributed by atoms with Gasteiger partial charge in [-0.1, -0.05) is 38.6 Å². The number of phenols is 1. The molecule has 0 amide bonds. The second-order valence-corrected chi connectivity index (χ2v) is 26.2. The molecule has 35 nitrogen and oxygen atoms in total. The molecule has 0 saturated carbocycles. The van der Waals surface area contributed by atoms with E-state index in [2.05, 4.69) is 68.8 Å². The summed E-state index contributed by atoms with van der Waals surface area (Å²) in [6.07, 6.45) is 0.747. The molecule has 464 valence electrons. The second kappa shape index (κ2) is 28.9. The molecule has 0 spiro atoms. The first-order valence-corrected chi connectivity index (χ1v) is 32.9. The van der Waals surface area contributed by atoms with Crippen molar-refractivity contribution in [2.75, 3.05) is 42.9 Å².